The van der Waals surface area contributed by atoms with Crippen LogP contribution in [0.25, 0.3) is 11.2 Å². The van der Waals surface area contributed by atoms with Crippen LogP contribution in [0.5, 0.6) is 0 Å². The Kier molecular flexibility index (Phi) is 3.36. The Bertz CT molecular complexity index is 826. The van der Waals surface area contributed by atoms with Crippen LogP contribution in [-0.4, -0.2) is 37.6 Å². The van der Waals surface area contributed by atoms with Gasteiger partial charge in [0, 0.05) is 14.1 Å². The van der Waals surface area contributed by atoms with E-state index in [1.165, 1.54) is 11.6 Å². The minimum atomic E-state index is -0.360. The summed E-state index contributed by atoms with van der Waals surface area (Å²) < 4.78 is 4.30. The van der Waals surface area contributed by atoms with Crippen molar-refractivity contribution in [3.63, 3.8) is 0 Å². The molecule has 0 amide bonds. The summed E-state index contributed by atoms with van der Waals surface area (Å²) in [4.78, 5) is 31.6. The number of nitrogens with zero attached hydrogens (tertiary/aromatic N) is 4. The highest BCUT2D eigenvalue weighted by molar-refractivity contribution is 5.77. The van der Waals surface area contributed by atoms with Gasteiger partial charge in [-0.25, -0.2) is 9.78 Å². The van der Waals surface area contributed by atoms with E-state index in [-0.39, 0.29) is 11.2 Å². The number of rotatable bonds is 3. The van der Waals surface area contributed by atoms with Crippen LogP contribution in [-0.2, 0) is 20.6 Å². The Hall–Kier alpha value is -2.38. The maximum Gasteiger partial charge on any atom is 0.332 e. The van der Waals surface area contributed by atoms with Crippen molar-refractivity contribution in [2.45, 2.75) is 19.4 Å². The molecule has 0 saturated carbocycles. The van der Waals surface area contributed by atoms with E-state index in [1.807, 2.05) is 0 Å². The largest absolute Gasteiger partial charge is 0.332 e. The van der Waals surface area contributed by atoms with Crippen molar-refractivity contribution < 1.29 is 4.99 Å². The second-order valence-electron chi connectivity index (χ2n) is 5.25. The summed E-state index contributed by atoms with van der Waals surface area (Å²) in [6.07, 6.45) is 3.81. The standard InChI is InChI=1S/C13H18N6O2/c1-17-11-10(12(20)18(2)13(17)21)19(8-16-11)7-6-15-9-4-3-5-14-9/h8H,3-7H2,1-2H3,(H,14,15)/p+1. The van der Waals surface area contributed by atoms with Crippen molar-refractivity contribution in [1.82, 2.24) is 24.0 Å². The zero-order valence-corrected chi connectivity index (χ0v) is 12.2. The molecule has 2 aromatic heterocycles. The Labute approximate surface area is 120 Å². The van der Waals surface area contributed by atoms with Crippen molar-refractivity contribution in [2.24, 2.45) is 14.1 Å². The first-order valence-corrected chi connectivity index (χ1v) is 7.04. The molecule has 0 unspecified atom stereocenters. The van der Waals surface area contributed by atoms with Crippen molar-refractivity contribution in [3.05, 3.63) is 27.2 Å². The van der Waals surface area contributed by atoms with E-state index in [1.54, 1.807) is 17.9 Å². The molecule has 0 aromatic carbocycles. The summed E-state index contributed by atoms with van der Waals surface area (Å²) in [6.45, 7) is 2.34. The predicted molar refractivity (Wildman–Crippen MR) is 78.3 cm³/mol. The Balaban J connectivity index is 1.89. The van der Waals surface area contributed by atoms with Crippen LogP contribution in [0.15, 0.2) is 15.9 Å². The highest BCUT2D eigenvalue weighted by Crippen LogP contribution is 2.04. The minimum Gasteiger partial charge on any atom is -0.321 e. The molecule has 1 aliphatic rings. The molecule has 3 heterocycles. The van der Waals surface area contributed by atoms with Gasteiger partial charge >= 0.3 is 5.69 Å². The van der Waals surface area contributed by atoms with E-state index >= 15 is 0 Å². The van der Waals surface area contributed by atoms with Gasteiger partial charge < -0.3 is 4.57 Å². The second-order valence-corrected chi connectivity index (χ2v) is 5.25. The lowest BCUT2D eigenvalue weighted by Crippen LogP contribution is -2.72. The highest BCUT2D eigenvalue weighted by Gasteiger charge is 2.15. The van der Waals surface area contributed by atoms with Gasteiger partial charge in [0.05, 0.1) is 25.8 Å². The number of aromatic nitrogens is 4. The molecule has 0 saturated heterocycles. The van der Waals surface area contributed by atoms with E-state index in [0.717, 1.165) is 29.8 Å². The normalized spacial score (nSPS) is 14.7. The van der Waals surface area contributed by atoms with Crippen LogP contribution in [0.1, 0.15) is 12.8 Å². The fourth-order valence-electron chi connectivity index (χ4n) is 2.64. The number of amidine groups is 1. The predicted octanol–water partition coefficient (Wildman–Crippen LogP) is -2.70. The Morgan fingerprint density at radius 1 is 1.33 bits per heavy atom. The van der Waals surface area contributed by atoms with E-state index in [0.29, 0.717) is 24.3 Å². The first kappa shape index (κ1) is 13.6. The average Bonchev–Trinajstić information content (AvgIpc) is 3.12. The lowest BCUT2D eigenvalue weighted by molar-refractivity contribution is -0.449. The lowest BCUT2D eigenvalue weighted by atomic mass is 10.3. The maximum atomic E-state index is 12.3. The minimum absolute atomic E-state index is 0.308. The molecule has 1 aliphatic heterocycles. The van der Waals surface area contributed by atoms with Gasteiger partial charge in [-0.1, -0.05) is 0 Å². The topological polar surface area (TPSA) is 87.8 Å². The number of nitrogens with one attached hydrogen (secondary N) is 2. The molecule has 2 N–H and O–H groups in total. The molecule has 0 fully saturated rings. The van der Waals surface area contributed by atoms with Gasteiger partial charge in [0.25, 0.3) is 5.56 Å². The molecule has 0 atom stereocenters. The summed E-state index contributed by atoms with van der Waals surface area (Å²) in [5.74, 6) is 1.15. The molecular formula is C13H19N6O2+. The van der Waals surface area contributed by atoms with E-state index < -0.39 is 0 Å². The Morgan fingerprint density at radius 2 is 2.14 bits per heavy atom. The van der Waals surface area contributed by atoms with Gasteiger partial charge in [-0.2, -0.15) is 0 Å². The third-order valence-corrected chi connectivity index (χ3v) is 3.85. The first-order valence-electron chi connectivity index (χ1n) is 7.04. The number of hydrogen-bond donors (Lipinski definition) is 2. The monoisotopic (exact) mass is 291 g/mol. The first-order chi connectivity index (χ1) is 10.1. The highest BCUT2D eigenvalue weighted by atomic mass is 16.2. The number of imidazole rings is 1. The zero-order chi connectivity index (χ0) is 15.0. The van der Waals surface area contributed by atoms with Gasteiger partial charge in [-0.05, 0) is 6.42 Å². The molecule has 21 heavy (non-hydrogen) atoms. The van der Waals surface area contributed by atoms with Gasteiger partial charge in [0.15, 0.2) is 11.2 Å². The summed E-state index contributed by atoms with van der Waals surface area (Å²) >= 11 is 0. The SMILES string of the molecule is Cn1c(=O)c2c(ncn2CCNC2=[NH+]CCC2)n(C)c1=O. The molecule has 0 aliphatic carbocycles. The Morgan fingerprint density at radius 3 is 2.86 bits per heavy atom. The molecule has 2 aromatic rings. The quantitative estimate of drug-likeness (QED) is 0.644. The smallest absolute Gasteiger partial charge is 0.321 e. The summed E-state index contributed by atoms with van der Waals surface area (Å²) in [5, 5.41) is 3.32. The third-order valence-electron chi connectivity index (χ3n) is 3.85. The van der Waals surface area contributed by atoms with Crippen LogP contribution in [0, 0.1) is 0 Å². The van der Waals surface area contributed by atoms with Crippen LogP contribution >= 0.6 is 0 Å². The van der Waals surface area contributed by atoms with Gasteiger partial charge in [0.2, 0.25) is 5.84 Å². The number of aryl methyl sites for hydroxylation is 1. The van der Waals surface area contributed by atoms with E-state index in [9.17, 15) is 9.59 Å². The van der Waals surface area contributed by atoms with E-state index in [2.05, 4.69) is 15.3 Å². The molecule has 8 nitrogen and oxygen atoms in total. The maximum absolute atomic E-state index is 12.3. The molecule has 3 rings (SSSR count). The van der Waals surface area contributed by atoms with Crippen LogP contribution in [0.3, 0.4) is 0 Å². The molecular weight excluding hydrogens is 272 g/mol. The fourth-order valence-corrected chi connectivity index (χ4v) is 2.64. The lowest BCUT2D eigenvalue weighted by Gasteiger charge is -2.06. The van der Waals surface area contributed by atoms with E-state index in [4.69, 9.17) is 0 Å². The van der Waals surface area contributed by atoms with Crippen molar-refractivity contribution in [3.8, 4) is 0 Å². The second kappa shape index (κ2) is 5.19. The van der Waals surface area contributed by atoms with Gasteiger partial charge in [-0.3, -0.25) is 24.2 Å². The van der Waals surface area contributed by atoms with Gasteiger partial charge in [-0.15, -0.1) is 0 Å². The van der Waals surface area contributed by atoms with Crippen molar-refractivity contribution in [1.29, 1.82) is 0 Å². The number of hydrogen-bond acceptors (Lipinski definition) is 4. The molecule has 0 bridgehead atoms. The molecule has 0 spiro atoms. The average molecular weight is 291 g/mol. The van der Waals surface area contributed by atoms with Crippen molar-refractivity contribution >= 4 is 17.0 Å². The van der Waals surface area contributed by atoms with Crippen LogP contribution < -0.4 is 21.6 Å². The molecule has 112 valence electrons. The summed E-state index contributed by atoms with van der Waals surface area (Å²) in [5.41, 5.74) is 0.222. The van der Waals surface area contributed by atoms with Crippen LogP contribution in [0.2, 0.25) is 0 Å². The van der Waals surface area contributed by atoms with Gasteiger partial charge in [0.1, 0.15) is 6.54 Å². The summed E-state index contributed by atoms with van der Waals surface area (Å²) in [6, 6.07) is 0. The van der Waals surface area contributed by atoms with Crippen molar-refractivity contribution in [2.75, 3.05) is 13.1 Å². The number of fused-ring (bicyclic) bond motifs is 1. The van der Waals surface area contributed by atoms with Crippen LogP contribution in [0.4, 0.5) is 0 Å². The molecule has 0 radical (unpaired) electrons. The zero-order valence-electron chi connectivity index (χ0n) is 12.2. The third kappa shape index (κ3) is 2.26. The molecule has 8 heteroatoms. The summed E-state index contributed by atoms with van der Waals surface area (Å²) in [7, 11) is 3.11. The fraction of sp³-hybridized carbons (Fsp3) is 0.538.